The van der Waals surface area contributed by atoms with E-state index in [1.807, 2.05) is 24.3 Å². The van der Waals surface area contributed by atoms with E-state index in [-0.39, 0.29) is 5.92 Å². The number of benzene rings is 1. The molecule has 0 saturated carbocycles. The van der Waals surface area contributed by atoms with Crippen LogP contribution in [0.2, 0.25) is 0 Å². The first-order valence-corrected chi connectivity index (χ1v) is 7.13. The molecule has 0 radical (unpaired) electrons. The van der Waals surface area contributed by atoms with Crippen molar-refractivity contribution in [3.63, 3.8) is 0 Å². The normalized spacial score (nSPS) is 11.9. The third-order valence-electron chi connectivity index (χ3n) is 3.28. The largest absolute Gasteiger partial charge is 0.497 e. The number of ether oxygens (including phenoxy) is 2. The SMILES string of the molecule is COc1ccc(OCCCCCCC(C)C(=O)O)cc1. The predicted octanol–water partition coefficient (Wildman–Crippen LogP) is 3.75. The first-order chi connectivity index (χ1) is 9.63. The molecule has 4 nitrogen and oxygen atoms in total. The molecule has 1 atom stereocenters. The van der Waals surface area contributed by atoms with Crippen LogP contribution in [0, 0.1) is 5.92 Å². The molecule has 20 heavy (non-hydrogen) atoms. The Labute approximate surface area is 120 Å². The Balaban J connectivity index is 2.03. The lowest BCUT2D eigenvalue weighted by molar-refractivity contribution is -0.141. The summed E-state index contributed by atoms with van der Waals surface area (Å²) < 4.78 is 10.7. The molecule has 0 spiro atoms. The maximum Gasteiger partial charge on any atom is 0.306 e. The van der Waals surface area contributed by atoms with Crippen molar-refractivity contribution in [1.82, 2.24) is 0 Å². The second kappa shape index (κ2) is 9.23. The zero-order valence-corrected chi connectivity index (χ0v) is 12.3. The number of carboxylic acids is 1. The minimum atomic E-state index is -0.701. The van der Waals surface area contributed by atoms with Gasteiger partial charge in [0.25, 0.3) is 0 Å². The molecule has 0 heterocycles. The number of carbonyl (C=O) groups is 1. The Kier molecular flexibility index (Phi) is 7.55. The molecule has 0 aromatic heterocycles. The summed E-state index contributed by atoms with van der Waals surface area (Å²) >= 11 is 0. The van der Waals surface area contributed by atoms with Gasteiger partial charge in [-0.15, -0.1) is 0 Å². The minimum absolute atomic E-state index is 0.231. The molecule has 4 heteroatoms. The lowest BCUT2D eigenvalue weighted by Gasteiger charge is -2.08. The molecular weight excluding hydrogens is 256 g/mol. The number of hydrogen-bond donors (Lipinski definition) is 1. The third kappa shape index (κ3) is 6.45. The van der Waals surface area contributed by atoms with Crippen LogP contribution in [-0.4, -0.2) is 24.8 Å². The smallest absolute Gasteiger partial charge is 0.306 e. The highest BCUT2D eigenvalue weighted by Crippen LogP contribution is 2.17. The molecule has 1 rings (SSSR count). The maximum absolute atomic E-state index is 10.6. The van der Waals surface area contributed by atoms with Crippen molar-refractivity contribution in [1.29, 1.82) is 0 Å². The Morgan fingerprint density at radius 1 is 1.10 bits per heavy atom. The Morgan fingerprint density at radius 2 is 1.70 bits per heavy atom. The highest BCUT2D eigenvalue weighted by atomic mass is 16.5. The van der Waals surface area contributed by atoms with E-state index >= 15 is 0 Å². The van der Waals surface area contributed by atoms with Crippen LogP contribution in [0.1, 0.15) is 39.0 Å². The lowest BCUT2D eigenvalue weighted by Crippen LogP contribution is -2.08. The summed E-state index contributed by atoms with van der Waals surface area (Å²) in [5.74, 6) is 0.744. The van der Waals surface area contributed by atoms with Crippen molar-refractivity contribution in [3.8, 4) is 11.5 Å². The number of aliphatic carboxylic acids is 1. The van der Waals surface area contributed by atoms with Crippen molar-refractivity contribution >= 4 is 5.97 Å². The van der Waals surface area contributed by atoms with E-state index in [4.69, 9.17) is 14.6 Å². The maximum atomic E-state index is 10.6. The summed E-state index contributed by atoms with van der Waals surface area (Å²) in [6, 6.07) is 7.55. The van der Waals surface area contributed by atoms with E-state index in [0.29, 0.717) is 6.61 Å². The molecule has 0 aliphatic rings. The summed E-state index contributed by atoms with van der Waals surface area (Å²) in [6.45, 7) is 2.45. The van der Waals surface area contributed by atoms with Crippen molar-refractivity contribution < 1.29 is 19.4 Å². The van der Waals surface area contributed by atoms with E-state index in [9.17, 15) is 4.79 Å². The Morgan fingerprint density at radius 3 is 2.30 bits per heavy atom. The molecule has 1 N–H and O–H groups in total. The number of rotatable bonds is 10. The molecule has 0 saturated heterocycles. The van der Waals surface area contributed by atoms with E-state index in [2.05, 4.69) is 0 Å². The highest BCUT2D eigenvalue weighted by Gasteiger charge is 2.09. The molecule has 0 aliphatic carbocycles. The van der Waals surface area contributed by atoms with Crippen molar-refractivity contribution in [2.75, 3.05) is 13.7 Å². The van der Waals surface area contributed by atoms with Gasteiger partial charge >= 0.3 is 5.97 Å². The lowest BCUT2D eigenvalue weighted by atomic mass is 10.0. The van der Waals surface area contributed by atoms with Gasteiger partial charge in [-0.2, -0.15) is 0 Å². The zero-order chi connectivity index (χ0) is 14.8. The average Bonchev–Trinajstić information content (AvgIpc) is 2.46. The van der Waals surface area contributed by atoms with Crippen LogP contribution in [0.25, 0.3) is 0 Å². The van der Waals surface area contributed by atoms with Gasteiger partial charge < -0.3 is 14.6 Å². The molecule has 0 amide bonds. The van der Waals surface area contributed by atoms with Crippen LogP contribution in [0.3, 0.4) is 0 Å². The van der Waals surface area contributed by atoms with Crippen LogP contribution in [0.5, 0.6) is 11.5 Å². The van der Waals surface area contributed by atoms with Crippen LogP contribution in [0.4, 0.5) is 0 Å². The van der Waals surface area contributed by atoms with Crippen molar-refractivity contribution in [3.05, 3.63) is 24.3 Å². The van der Waals surface area contributed by atoms with Gasteiger partial charge in [0.1, 0.15) is 11.5 Å². The van der Waals surface area contributed by atoms with Gasteiger partial charge in [-0.05, 0) is 37.1 Å². The summed E-state index contributed by atoms with van der Waals surface area (Å²) in [5, 5.41) is 8.76. The monoisotopic (exact) mass is 280 g/mol. The van der Waals surface area contributed by atoms with Gasteiger partial charge in [-0.3, -0.25) is 4.79 Å². The highest BCUT2D eigenvalue weighted by molar-refractivity contribution is 5.69. The molecule has 1 unspecified atom stereocenters. The van der Waals surface area contributed by atoms with E-state index < -0.39 is 5.97 Å². The predicted molar refractivity (Wildman–Crippen MR) is 78.4 cm³/mol. The fourth-order valence-corrected chi connectivity index (χ4v) is 1.89. The molecule has 1 aromatic rings. The minimum Gasteiger partial charge on any atom is -0.497 e. The summed E-state index contributed by atoms with van der Waals surface area (Å²) in [6.07, 6.45) is 4.85. The molecule has 0 fully saturated rings. The van der Waals surface area contributed by atoms with Crippen molar-refractivity contribution in [2.24, 2.45) is 5.92 Å². The molecule has 0 bridgehead atoms. The Bertz CT molecular complexity index is 386. The topological polar surface area (TPSA) is 55.8 Å². The van der Waals surface area contributed by atoms with Gasteiger partial charge in [-0.25, -0.2) is 0 Å². The van der Waals surface area contributed by atoms with Gasteiger partial charge in [-0.1, -0.05) is 26.2 Å². The van der Waals surface area contributed by atoms with Crippen LogP contribution >= 0.6 is 0 Å². The Hall–Kier alpha value is -1.71. The average molecular weight is 280 g/mol. The van der Waals surface area contributed by atoms with Gasteiger partial charge in [0.15, 0.2) is 0 Å². The van der Waals surface area contributed by atoms with E-state index in [0.717, 1.165) is 43.6 Å². The van der Waals surface area contributed by atoms with E-state index in [1.165, 1.54) is 0 Å². The quantitative estimate of drug-likeness (QED) is 0.663. The second-order valence-electron chi connectivity index (χ2n) is 4.97. The molecule has 0 aliphatic heterocycles. The van der Waals surface area contributed by atoms with Crippen LogP contribution < -0.4 is 9.47 Å². The number of unbranched alkanes of at least 4 members (excludes halogenated alkanes) is 3. The second-order valence-corrected chi connectivity index (χ2v) is 4.97. The third-order valence-corrected chi connectivity index (χ3v) is 3.28. The van der Waals surface area contributed by atoms with Crippen LogP contribution in [0.15, 0.2) is 24.3 Å². The van der Waals surface area contributed by atoms with Crippen molar-refractivity contribution in [2.45, 2.75) is 39.0 Å². The number of carboxylic acid groups (broad SMARTS) is 1. The first-order valence-electron chi connectivity index (χ1n) is 7.13. The zero-order valence-electron chi connectivity index (χ0n) is 12.3. The fraction of sp³-hybridized carbons (Fsp3) is 0.562. The number of hydrogen-bond acceptors (Lipinski definition) is 3. The fourth-order valence-electron chi connectivity index (χ4n) is 1.89. The molecule has 112 valence electrons. The van der Waals surface area contributed by atoms with Gasteiger partial charge in [0.05, 0.1) is 19.6 Å². The van der Waals surface area contributed by atoms with Gasteiger partial charge in [0.2, 0.25) is 0 Å². The first kappa shape index (κ1) is 16.3. The van der Waals surface area contributed by atoms with E-state index in [1.54, 1.807) is 14.0 Å². The molecule has 1 aromatic carbocycles. The van der Waals surface area contributed by atoms with Gasteiger partial charge in [0, 0.05) is 0 Å². The number of methoxy groups -OCH3 is 1. The summed E-state index contributed by atoms with van der Waals surface area (Å²) in [5.41, 5.74) is 0. The molecular formula is C16H24O4. The summed E-state index contributed by atoms with van der Waals surface area (Å²) in [7, 11) is 1.64. The standard InChI is InChI=1S/C16H24O4/c1-13(16(17)18)7-5-3-4-6-12-20-15-10-8-14(19-2)9-11-15/h8-11,13H,3-7,12H2,1-2H3,(H,17,18). The van der Waals surface area contributed by atoms with Crippen LogP contribution in [-0.2, 0) is 4.79 Å². The summed E-state index contributed by atoms with van der Waals surface area (Å²) in [4.78, 5) is 10.6.